The van der Waals surface area contributed by atoms with Crippen LogP contribution in [0.15, 0.2) is 0 Å². The number of ether oxygens (including phenoxy) is 1. The number of rotatable bonds is 3. The predicted octanol–water partition coefficient (Wildman–Crippen LogP) is 1.97. The number of hydrogen-bond acceptors (Lipinski definition) is 2. The Bertz CT molecular complexity index is 196. The van der Waals surface area contributed by atoms with Crippen molar-refractivity contribution in [3.8, 4) is 11.8 Å². The van der Waals surface area contributed by atoms with Crippen molar-refractivity contribution in [1.82, 2.24) is 0 Å². The molecule has 0 heterocycles. The van der Waals surface area contributed by atoms with Crippen LogP contribution in [0.2, 0.25) is 0 Å². The largest absolute Gasteiger partial charge is 0.384 e. The second-order valence-corrected chi connectivity index (χ2v) is 3.91. The maximum atomic E-state index is 9.76. The van der Waals surface area contributed by atoms with Crippen molar-refractivity contribution in [2.75, 3.05) is 13.7 Å². The molecule has 0 amide bonds. The summed E-state index contributed by atoms with van der Waals surface area (Å²) < 4.78 is 4.88. The molecular formula is C12H20O2. The fourth-order valence-corrected chi connectivity index (χ4v) is 1.90. The molecule has 1 N–H and O–H groups in total. The Kier molecular flexibility index (Phi) is 5.66. The van der Waals surface area contributed by atoms with Gasteiger partial charge in [0.05, 0.1) is 6.61 Å². The first-order chi connectivity index (χ1) is 6.84. The third-order valence-electron chi connectivity index (χ3n) is 2.78. The van der Waals surface area contributed by atoms with Crippen molar-refractivity contribution in [2.24, 2.45) is 5.92 Å². The predicted molar refractivity (Wildman–Crippen MR) is 56.9 cm³/mol. The monoisotopic (exact) mass is 196 g/mol. The van der Waals surface area contributed by atoms with Crippen LogP contribution >= 0.6 is 0 Å². The zero-order valence-corrected chi connectivity index (χ0v) is 8.96. The second kappa shape index (κ2) is 6.86. The van der Waals surface area contributed by atoms with Crippen LogP contribution in [0.3, 0.4) is 0 Å². The van der Waals surface area contributed by atoms with Crippen molar-refractivity contribution >= 4 is 0 Å². The fourth-order valence-electron chi connectivity index (χ4n) is 1.90. The summed E-state index contributed by atoms with van der Waals surface area (Å²) in [6.07, 6.45) is 6.41. The van der Waals surface area contributed by atoms with E-state index in [2.05, 4.69) is 11.8 Å². The molecule has 80 valence electrons. The van der Waals surface area contributed by atoms with Gasteiger partial charge in [0.25, 0.3) is 0 Å². The molecule has 0 aromatic heterocycles. The normalized spacial score (nSPS) is 19.9. The molecule has 0 spiro atoms. The lowest BCUT2D eigenvalue weighted by Gasteiger charge is -2.23. The van der Waals surface area contributed by atoms with Gasteiger partial charge in [0.1, 0.15) is 6.10 Å². The van der Waals surface area contributed by atoms with E-state index >= 15 is 0 Å². The maximum absolute atomic E-state index is 9.76. The van der Waals surface area contributed by atoms with Gasteiger partial charge in [-0.15, -0.1) is 0 Å². The van der Waals surface area contributed by atoms with E-state index < -0.39 is 6.10 Å². The van der Waals surface area contributed by atoms with Gasteiger partial charge in [-0.3, -0.25) is 0 Å². The molecule has 14 heavy (non-hydrogen) atoms. The van der Waals surface area contributed by atoms with E-state index in [1.807, 2.05) is 0 Å². The summed E-state index contributed by atoms with van der Waals surface area (Å²) in [6, 6.07) is 0. The molecule has 1 atom stereocenters. The minimum atomic E-state index is -0.410. The zero-order chi connectivity index (χ0) is 10.2. The van der Waals surface area contributed by atoms with E-state index in [4.69, 9.17) is 4.74 Å². The van der Waals surface area contributed by atoms with Gasteiger partial charge in [-0.25, -0.2) is 0 Å². The van der Waals surface area contributed by atoms with Crippen LogP contribution in [0.1, 0.15) is 38.5 Å². The van der Waals surface area contributed by atoms with Crippen LogP contribution in [0.4, 0.5) is 0 Å². The lowest BCUT2D eigenvalue weighted by Crippen LogP contribution is -2.21. The SMILES string of the molecule is COCCC#C[C@@H](O)C1CCCCC1. The van der Waals surface area contributed by atoms with E-state index in [0.717, 1.165) is 19.3 Å². The number of aliphatic hydroxyl groups is 1. The quantitative estimate of drug-likeness (QED) is 0.552. The average molecular weight is 196 g/mol. The van der Waals surface area contributed by atoms with Crippen molar-refractivity contribution in [2.45, 2.75) is 44.6 Å². The zero-order valence-electron chi connectivity index (χ0n) is 8.96. The van der Waals surface area contributed by atoms with Gasteiger partial charge in [-0.2, -0.15) is 0 Å². The summed E-state index contributed by atoms with van der Waals surface area (Å²) in [5, 5.41) is 9.76. The summed E-state index contributed by atoms with van der Waals surface area (Å²) in [4.78, 5) is 0. The molecule has 0 aromatic carbocycles. The molecule has 0 aromatic rings. The first-order valence-corrected chi connectivity index (χ1v) is 5.50. The third kappa shape index (κ3) is 4.13. The van der Waals surface area contributed by atoms with Gasteiger partial charge >= 0.3 is 0 Å². The standard InChI is InChI=1S/C12H20O2/c1-14-10-6-5-9-12(13)11-7-3-2-4-8-11/h11-13H,2-4,6-8,10H2,1H3/t12-/m1/s1. The highest BCUT2D eigenvalue weighted by molar-refractivity contribution is 5.06. The molecular weight excluding hydrogens is 176 g/mol. The summed E-state index contributed by atoms with van der Waals surface area (Å²) in [5.41, 5.74) is 0. The number of methoxy groups -OCH3 is 1. The van der Waals surface area contributed by atoms with Gasteiger partial charge in [0, 0.05) is 13.5 Å². The molecule has 2 heteroatoms. The first-order valence-electron chi connectivity index (χ1n) is 5.50. The van der Waals surface area contributed by atoms with Crippen LogP contribution in [0.25, 0.3) is 0 Å². The van der Waals surface area contributed by atoms with Crippen molar-refractivity contribution < 1.29 is 9.84 Å². The van der Waals surface area contributed by atoms with Gasteiger partial charge in [-0.05, 0) is 18.8 Å². The summed E-state index contributed by atoms with van der Waals surface area (Å²) >= 11 is 0. The first kappa shape index (κ1) is 11.6. The van der Waals surface area contributed by atoms with E-state index in [-0.39, 0.29) is 0 Å². The molecule has 0 saturated heterocycles. The fraction of sp³-hybridized carbons (Fsp3) is 0.833. The minimum Gasteiger partial charge on any atom is -0.384 e. The molecule has 1 aliphatic carbocycles. The lowest BCUT2D eigenvalue weighted by molar-refractivity contribution is 0.133. The van der Waals surface area contributed by atoms with Crippen LogP contribution < -0.4 is 0 Å². The molecule has 0 radical (unpaired) electrons. The summed E-state index contributed by atoms with van der Waals surface area (Å²) in [7, 11) is 1.67. The van der Waals surface area contributed by atoms with Crippen molar-refractivity contribution in [3.63, 3.8) is 0 Å². The van der Waals surface area contributed by atoms with Gasteiger partial charge in [0.15, 0.2) is 0 Å². The van der Waals surface area contributed by atoms with E-state index in [9.17, 15) is 5.11 Å². The van der Waals surface area contributed by atoms with E-state index in [1.54, 1.807) is 7.11 Å². The Morgan fingerprint density at radius 3 is 2.71 bits per heavy atom. The summed E-state index contributed by atoms with van der Waals surface area (Å²) in [6.45, 7) is 0.657. The maximum Gasteiger partial charge on any atom is 0.117 e. The summed E-state index contributed by atoms with van der Waals surface area (Å²) in [5.74, 6) is 6.29. The average Bonchev–Trinajstić information content (AvgIpc) is 2.25. The highest BCUT2D eigenvalue weighted by Gasteiger charge is 2.19. The lowest BCUT2D eigenvalue weighted by atomic mass is 9.85. The second-order valence-electron chi connectivity index (χ2n) is 3.91. The van der Waals surface area contributed by atoms with E-state index in [0.29, 0.717) is 12.5 Å². The number of hydrogen-bond donors (Lipinski definition) is 1. The Morgan fingerprint density at radius 2 is 2.07 bits per heavy atom. The molecule has 1 fully saturated rings. The Hall–Kier alpha value is -0.520. The Balaban J connectivity index is 2.23. The Morgan fingerprint density at radius 1 is 1.36 bits per heavy atom. The molecule has 2 nitrogen and oxygen atoms in total. The molecule has 1 rings (SSSR count). The third-order valence-corrected chi connectivity index (χ3v) is 2.78. The Labute approximate surface area is 86.7 Å². The highest BCUT2D eigenvalue weighted by atomic mass is 16.5. The molecule has 0 bridgehead atoms. The van der Waals surface area contributed by atoms with Crippen LogP contribution in [-0.2, 0) is 4.74 Å². The van der Waals surface area contributed by atoms with Crippen molar-refractivity contribution in [1.29, 1.82) is 0 Å². The molecule has 1 saturated carbocycles. The minimum absolute atomic E-state index is 0.410. The van der Waals surface area contributed by atoms with Gasteiger partial charge in [0.2, 0.25) is 0 Å². The van der Waals surface area contributed by atoms with Gasteiger partial charge < -0.3 is 9.84 Å². The van der Waals surface area contributed by atoms with Crippen LogP contribution in [0, 0.1) is 17.8 Å². The smallest absolute Gasteiger partial charge is 0.117 e. The number of aliphatic hydroxyl groups excluding tert-OH is 1. The molecule has 0 unspecified atom stereocenters. The van der Waals surface area contributed by atoms with Crippen LogP contribution in [-0.4, -0.2) is 24.9 Å². The molecule has 1 aliphatic rings. The topological polar surface area (TPSA) is 29.5 Å². The molecule has 0 aliphatic heterocycles. The van der Waals surface area contributed by atoms with Crippen LogP contribution in [0.5, 0.6) is 0 Å². The highest BCUT2D eigenvalue weighted by Crippen LogP contribution is 2.26. The van der Waals surface area contributed by atoms with Gasteiger partial charge in [-0.1, -0.05) is 31.1 Å². The van der Waals surface area contributed by atoms with Crippen molar-refractivity contribution in [3.05, 3.63) is 0 Å². The van der Waals surface area contributed by atoms with E-state index in [1.165, 1.54) is 19.3 Å².